The van der Waals surface area contributed by atoms with Gasteiger partial charge in [-0.05, 0) is 39.3 Å². The summed E-state index contributed by atoms with van der Waals surface area (Å²) >= 11 is 1.45. The van der Waals surface area contributed by atoms with E-state index < -0.39 is 11.0 Å². The minimum Gasteiger partial charge on any atom is -0.496 e. The van der Waals surface area contributed by atoms with Gasteiger partial charge in [-0.2, -0.15) is 0 Å². The average molecular weight is 273 g/mol. The molecule has 3 nitrogen and oxygen atoms in total. The molecule has 0 aliphatic heterocycles. The van der Waals surface area contributed by atoms with Gasteiger partial charge in [0.1, 0.15) is 21.0 Å². The first-order chi connectivity index (χ1) is 7.74. The largest absolute Gasteiger partial charge is 0.496 e. The first-order valence-corrected chi connectivity index (χ1v) is 7.24. The van der Waals surface area contributed by atoms with Crippen LogP contribution in [0.3, 0.4) is 0 Å². The summed E-state index contributed by atoms with van der Waals surface area (Å²) in [7, 11) is 0.394. The molecule has 1 N–H and O–H groups in total. The molecule has 1 atom stereocenters. The summed E-state index contributed by atoms with van der Waals surface area (Å²) in [5.41, 5.74) is 0.818. The van der Waals surface area contributed by atoms with E-state index in [0.29, 0.717) is 5.76 Å². The van der Waals surface area contributed by atoms with Crippen molar-refractivity contribution in [2.45, 2.75) is 37.4 Å². The normalized spacial score (nSPS) is 13.5. The molecule has 0 aromatic carbocycles. The van der Waals surface area contributed by atoms with Crippen molar-refractivity contribution in [3.63, 3.8) is 0 Å². The summed E-state index contributed by atoms with van der Waals surface area (Å²) in [5.74, 6) is 0.608. The fraction of sp³-hybridized carbons (Fsp3) is 0.500. The first-order valence-electron chi connectivity index (χ1n) is 5.28. The quantitative estimate of drug-likeness (QED) is 0.856. The molecule has 0 saturated carbocycles. The molecule has 96 valence electrons. The molecule has 0 spiro atoms. The average Bonchev–Trinajstić information content (AvgIpc) is 2.56. The smallest absolute Gasteiger partial charge is 0.135 e. The number of aryl methyl sites for hydroxylation is 1. The van der Waals surface area contributed by atoms with E-state index in [9.17, 15) is 4.21 Å². The zero-order chi connectivity index (χ0) is 13.2. The van der Waals surface area contributed by atoms with Gasteiger partial charge in [-0.25, -0.2) is 8.93 Å². The first kappa shape index (κ1) is 14.4. The highest BCUT2D eigenvalue weighted by Crippen LogP contribution is 2.29. The third-order valence-corrected chi connectivity index (χ3v) is 5.19. The van der Waals surface area contributed by atoms with Crippen LogP contribution in [0.15, 0.2) is 16.9 Å². The minimum absolute atomic E-state index is 0.181. The van der Waals surface area contributed by atoms with Crippen LogP contribution >= 0.6 is 11.3 Å². The Hall–Kier alpha value is -0.650. The van der Waals surface area contributed by atoms with E-state index in [1.54, 1.807) is 7.11 Å². The minimum atomic E-state index is -1.19. The van der Waals surface area contributed by atoms with E-state index in [1.165, 1.54) is 11.3 Å². The lowest BCUT2D eigenvalue weighted by Gasteiger charge is -2.19. The van der Waals surface area contributed by atoms with Gasteiger partial charge in [0.25, 0.3) is 0 Å². The van der Waals surface area contributed by atoms with E-state index >= 15 is 0 Å². The lowest BCUT2D eigenvalue weighted by molar-refractivity contribution is 0.372. The maximum absolute atomic E-state index is 12.1. The topological polar surface area (TPSA) is 38.3 Å². The predicted octanol–water partition coefficient (Wildman–Crippen LogP) is 3.08. The van der Waals surface area contributed by atoms with E-state index in [1.807, 2.05) is 33.8 Å². The number of thiophene rings is 1. The Kier molecular flexibility index (Phi) is 4.52. The van der Waals surface area contributed by atoms with Crippen molar-refractivity contribution in [3.05, 3.63) is 23.1 Å². The Bertz CT molecular complexity index is 444. The monoisotopic (exact) mass is 273 g/mol. The van der Waals surface area contributed by atoms with Gasteiger partial charge in [-0.3, -0.25) is 0 Å². The lowest BCUT2D eigenvalue weighted by Crippen LogP contribution is -2.36. The summed E-state index contributed by atoms with van der Waals surface area (Å²) in [6.07, 6.45) is 0. The fourth-order valence-corrected chi connectivity index (χ4v) is 3.76. The second-order valence-electron chi connectivity index (χ2n) is 4.83. The summed E-state index contributed by atoms with van der Waals surface area (Å²) in [6, 6.07) is 1.95. The zero-order valence-electron chi connectivity index (χ0n) is 10.9. The van der Waals surface area contributed by atoms with Crippen LogP contribution in [-0.2, 0) is 15.7 Å². The van der Waals surface area contributed by atoms with Gasteiger partial charge in [0.2, 0.25) is 0 Å². The van der Waals surface area contributed by atoms with Crippen LogP contribution in [0.1, 0.15) is 31.2 Å². The molecular formula is C12H19NO2S2. The van der Waals surface area contributed by atoms with Crippen molar-refractivity contribution < 1.29 is 8.95 Å². The zero-order valence-corrected chi connectivity index (χ0v) is 12.6. The lowest BCUT2D eigenvalue weighted by atomic mass is 10.1. The number of hydrogen-bond donors (Lipinski definition) is 1. The Balaban J connectivity index is 2.96. The summed E-state index contributed by atoms with van der Waals surface area (Å²) in [4.78, 5) is 0.920. The number of methoxy groups -OCH3 is 1. The molecule has 1 unspecified atom stereocenters. The van der Waals surface area contributed by atoms with Crippen LogP contribution < -0.4 is 4.72 Å². The molecule has 1 rings (SSSR count). The Morgan fingerprint density at radius 3 is 2.59 bits per heavy atom. The fourth-order valence-electron chi connectivity index (χ4n) is 1.21. The molecule has 0 bridgehead atoms. The maximum atomic E-state index is 12.1. The summed E-state index contributed by atoms with van der Waals surface area (Å²) in [5, 5.41) is 0. The van der Waals surface area contributed by atoms with Crippen LogP contribution in [-0.4, -0.2) is 16.9 Å². The van der Waals surface area contributed by atoms with Crippen molar-refractivity contribution >= 4 is 28.1 Å². The Morgan fingerprint density at radius 2 is 2.12 bits per heavy atom. The van der Waals surface area contributed by atoms with Gasteiger partial charge in [-0.15, -0.1) is 11.3 Å². The molecular weight excluding hydrogens is 254 g/mol. The SMILES string of the molecule is C=C(OC)c1cc(C)c(S(=O)NC(C)(C)C)s1. The van der Waals surface area contributed by atoms with Crippen molar-refractivity contribution in [2.75, 3.05) is 7.11 Å². The molecule has 0 saturated heterocycles. The number of rotatable bonds is 4. The molecule has 0 aliphatic carbocycles. The summed E-state index contributed by atoms with van der Waals surface area (Å²) < 4.78 is 21.1. The standard InChI is InChI=1S/C12H19NO2S2/c1-8-7-10(9(2)15-6)16-11(8)17(14)13-12(3,4)5/h7,13H,2H2,1,3-6H3. The van der Waals surface area contributed by atoms with E-state index in [-0.39, 0.29) is 5.54 Å². The molecule has 1 heterocycles. The maximum Gasteiger partial charge on any atom is 0.135 e. The van der Waals surface area contributed by atoms with Crippen LogP contribution in [0.4, 0.5) is 0 Å². The van der Waals surface area contributed by atoms with E-state index in [2.05, 4.69) is 11.3 Å². The van der Waals surface area contributed by atoms with Gasteiger partial charge in [0.15, 0.2) is 0 Å². The molecule has 1 aromatic heterocycles. The van der Waals surface area contributed by atoms with Crippen molar-refractivity contribution in [1.82, 2.24) is 4.72 Å². The summed E-state index contributed by atoms with van der Waals surface area (Å²) in [6.45, 7) is 11.7. The van der Waals surface area contributed by atoms with Crippen molar-refractivity contribution in [2.24, 2.45) is 0 Å². The van der Waals surface area contributed by atoms with Crippen molar-refractivity contribution in [1.29, 1.82) is 0 Å². The van der Waals surface area contributed by atoms with E-state index in [0.717, 1.165) is 14.6 Å². The molecule has 0 aliphatic rings. The van der Waals surface area contributed by atoms with Gasteiger partial charge in [0, 0.05) is 5.54 Å². The van der Waals surface area contributed by atoms with Crippen LogP contribution in [0.5, 0.6) is 0 Å². The van der Waals surface area contributed by atoms with E-state index in [4.69, 9.17) is 4.74 Å². The molecule has 5 heteroatoms. The van der Waals surface area contributed by atoms with Crippen molar-refractivity contribution in [3.8, 4) is 0 Å². The second kappa shape index (κ2) is 5.33. The number of ether oxygens (including phenoxy) is 1. The number of nitrogens with one attached hydrogen (secondary N) is 1. The highest BCUT2D eigenvalue weighted by atomic mass is 32.2. The second-order valence-corrected chi connectivity index (χ2v) is 7.29. The van der Waals surface area contributed by atoms with Crippen LogP contribution in [0, 0.1) is 6.92 Å². The highest BCUT2D eigenvalue weighted by molar-refractivity contribution is 7.85. The molecule has 17 heavy (non-hydrogen) atoms. The Morgan fingerprint density at radius 1 is 1.53 bits per heavy atom. The Labute approximate surface area is 109 Å². The molecule has 0 radical (unpaired) electrons. The third-order valence-electron chi connectivity index (χ3n) is 1.96. The van der Waals surface area contributed by atoms with Crippen LogP contribution in [0.2, 0.25) is 0 Å². The molecule has 1 aromatic rings. The van der Waals surface area contributed by atoms with Gasteiger partial charge >= 0.3 is 0 Å². The van der Waals surface area contributed by atoms with Gasteiger partial charge in [0.05, 0.1) is 12.0 Å². The predicted molar refractivity (Wildman–Crippen MR) is 74.4 cm³/mol. The molecule has 0 fully saturated rings. The molecule has 0 amide bonds. The third kappa shape index (κ3) is 3.94. The highest BCUT2D eigenvalue weighted by Gasteiger charge is 2.19. The van der Waals surface area contributed by atoms with Gasteiger partial charge in [-0.1, -0.05) is 6.58 Å². The van der Waals surface area contributed by atoms with Gasteiger partial charge < -0.3 is 4.74 Å². The van der Waals surface area contributed by atoms with Crippen LogP contribution in [0.25, 0.3) is 5.76 Å². The number of hydrogen-bond acceptors (Lipinski definition) is 3.